The van der Waals surface area contributed by atoms with Crippen LogP contribution in [0.2, 0.25) is 5.02 Å². The van der Waals surface area contributed by atoms with Crippen molar-refractivity contribution in [3.05, 3.63) is 82.4 Å². The summed E-state index contributed by atoms with van der Waals surface area (Å²) in [6.45, 7) is 3.68. The van der Waals surface area contributed by atoms with Gasteiger partial charge in [0.25, 0.3) is 0 Å². The van der Waals surface area contributed by atoms with Crippen molar-refractivity contribution in [2.75, 3.05) is 19.7 Å². The van der Waals surface area contributed by atoms with Gasteiger partial charge in [-0.25, -0.2) is 9.78 Å². The molecule has 2 aliphatic heterocycles. The van der Waals surface area contributed by atoms with Gasteiger partial charge in [0, 0.05) is 37.0 Å². The Morgan fingerprint density at radius 2 is 2.02 bits per heavy atom. The summed E-state index contributed by atoms with van der Waals surface area (Å²) in [5.41, 5.74) is 2.88. The molecule has 10 nitrogen and oxygen atoms in total. The number of rotatable bonds is 10. The van der Waals surface area contributed by atoms with Gasteiger partial charge in [-0.1, -0.05) is 11.6 Å². The average Bonchev–Trinajstić information content (AvgIpc) is 3.24. The number of hydrogen-bond acceptors (Lipinski definition) is 8. The number of hydrogen-bond donors (Lipinski definition) is 1. The number of aromatic nitrogens is 3. The van der Waals surface area contributed by atoms with Crippen LogP contribution in [0.5, 0.6) is 11.5 Å². The molecule has 0 amide bonds. The second-order valence-corrected chi connectivity index (χ2v) is 10.3. The van der Waals surface area contributed by atoms with Gasteiger partial charge in [-0.2, -0.15) is 18.8 Å². The van der Waals surface area contributed by atoms with Crippen LogP contribution in [0.25, 0.3) is 11.0 Å². The lowest BCUT2D eigenvalue weighted by molar-refractivity contribution is -0.0596. The lowest BCUT2D eigenvalue weighted by Crippen LogP contribution is -2.53. The van der Waals surface area contributed by atoms with Crippen LogP contribution in [0.4, 0.5) is 0 Å². The third kappa shape index (κ3) is 6.41. The van der Waals surface area contributed by atoms with Gasteiger partial charge in [0.1, 0.15) is 36.1 Å². The van der Waals surface area contributed by atoms with E-state index >= 15 is 0 Å². The van der Waals surface area contributed by atoms with E-state index in [4.69, 9.17) is 30.8 Å². The van der Waals surface area contributed by atoms with E-state index in [1.165, 1.54) is 0 Å². The Morgan fingerprint density at radius 3 is 2.76 bits per heavy atom. The number of nitriles is 1. The molecular weight excluding hydrogens is 566 g/mol. The van der Waals surface area contributed by atoms with Crippen molar-refractivity contribution in [2.24, 2.45) is 0 Å². The first-order valence-electron chi connectivity index (χ1n) is 13.0. The number of aromatic carboxylic acids is 1. The van der Waals surface area contributed by atoms with E-state index in [0.717, 1.165) is 43.0 Å². The second kappa shape index (κ2) is 12.4. The Balaban J connectivity index is 0.00000337. The molecule has 41 heavy (non-hydrogen) atoms. The zero-order valence-corrected chi connectivity index (χ0v) is 23.8. The van der Waals surface area contributed by atoms with Crippen LogP contribution in [-0.2, 0) is 24.4 Å². The van der Waals surface area contributed by atoms with Crippen LogP contribution in [0, 0.1) is 11.3 Å². The molecule has 2 aromatic carbocycles. The fraction of sp³-hybridized carbons (Fsp3) is 0.310. The maximum atomic E-state index is 11.5. The summed E-state index contributed by atoms with van der Waals surface area (Å²) < 4.78 is 19.7. The summed E-state index contributed by atoms with van der Waals surface area (Å²) in [5, 5.41) is 19.2. The molecule has 2 fully saturated rings. The summed E-state index contributed by atoms with van der Waals surface area (Å²) in [6, 6.07) is 15.7. The molecule has 0 radical (unpaired) electrons. The number of carbonyl (C=O) groups is 1. The molecule has 2 aromatic heterocycles. The van der Waals surface area contributed by atoms with Gasteiger partial charge < -0.3 is 23.9 Å². The standard InChI is InChI=1S/C29H26ClN5O5.H2S/c30-20-2-4-27(19(9-20)12-31)39-17-21-11-22(5-7-32-21)40-24-13-34(14-24)16-28-33-25-3-1-18(29(36)37)10-26(25)35(28)15-23-6-8-38-23;/h1-5,7,9-11,23-24H,6,8,13-17H2,(H,36,37);1H2/t23-;/m0./s1. The molecule has 12 heteroatoms. The Morgan fingerprint density at radius 1 is 1.20 bits per heavy atom. The topological polar surface area (TPSA) is 123 Å². The van der Waals surface area contributed by atoms with E-state index in [2.05, 4.69) is 20.5 Å². The normalized spacial score (nSPS) is 16.7. The molecule has 1 atom stereocenters. The van der Waals surface area contributed by atoms with Gasteiger partial charge in [0.15, 0.2) is 0 Å². The van der Waals surface area contributed by atoms with E-state index in [9.17, 15) is 15.2 Å². The molecule has 0 aliphatic carbocycles. The SMILES string of the molecule is N#Cc1cc(Cl)ccc1OCc1cc(OC2CN(Cc3nc4ccc(C(=O)O)cc4n3C[C@@H]3CCO3)C2)ccn1.S. The number of halogens is 1. The predicted molar refractivity (Wildman–Crippen MR) is 156 cm³/mol. The average molecular weight is 594 g/mol. The van der Waals surface area contributed by atoms with Gasteiger partial charge >= 0.3 is 5.97 Å². The molecule has 2 aliphatic rings. The molecule has 0 spiro atoms. The van der Waals surface area contributed by atoms with Crippen LogP contribution in [0.1, 0.15) is 33.9 Å². The Hall–Kier alpha value is -3.82. The van der Waals surface area contributed by atoms with E-state index in [0.29, 0.717) is 40.9 Å². The number of carboxylic acids is 1. The van der Waals surface area contributed by atoms with Crippen LogP contribution in [0.3, 0.4) is 0 Å². The van der Waals surface area contributed by atoms with E-state index in [1.807, 2.05) is 12.1 Å². The third-order valence-electron chi connectivity index (χ3n) is 7.07. The summed E-state index contributed by atoms with van der Waals surface area (Å²) in [6.07, 6.45) is 2.79. The predicted octanol–water partition coefficient (Wildman–Crippen LogP) is 4.40. The van der Waals surface area contributed by atoms with Gasteiger partial charge in [-0.3, -0.25) is 9.88 Å². The first-order valence-corrected chi connectivity index (χ1v) is 13.3. The van der Waals surface area contributed by atoms with E-state index < -0.39 is 5.97 Å². The zero-order chi connectivity index (χ0) is 27.6. The molecule has 1 N–H and O–H groups in total. The minimum atomic E-state index is -0.957. The molecule has 0 bridgehead atoms. The van der Waals surface area contributed by atoms with Crippen molar-refractivity contribution in [3.8, 4) is 17.6 Å². The van der Waals surface area contributed by atoms with E-state index in [1.54, 1.807) is 42.6 Å². The lowest BCUT2D eigenvalue weighted by atomic mass is 10.1. The van der Waals surface area contributed by atoms with Crippen molar-refractivity contribution >= 4 is 42.1 Å². The fourth-order valence-electron chi connectivity index (χ4n) is 4.86. The zero-order valence-electron chi connectivity index (χ0n) is 22.0. The van der Waals surface area contributed by atoms with Gasteiger partial charge in [0.05, 0.1) is 47.0 Å². The third-order valence-corrected chi connectivity index (χ3v) is 7.31. The maximum absolute atomic E-state index is 11.5. The molecule has 4 heterocycles. The number of likely N-dealkylation sites (tertiary alicyclic amines) is 1. The summed E-state index contributed by atoms with van der Waals surface area (Å²) in [7, 11) is 0. The van der Waals surface area contributed by atoms with Crippen molar-refractivity contribution < 1.29 is 24.1 Å². The lowest BCUT2D eigenvalue weighted by Gasteiger charge is -2.39. The summed E-state index contributed by atoms with van der Waals surface area (Å²) >= 11 is 5.96. The Labute approximate surface area is 248 Å². The molecule has 0 saturated carbocycles. The Bertz CT molecular complexity index is 1610. The quantitative estimate of drug-likeness (QED) is 0.285. The van der Waals surface area contributed by atoms with Crippen molar-refractivity contribution in [3.63, 3.8) is 0 Å². The molecule has 0 unspecified atom stereocenters. The first-order chi connectivity index (χ1) is 19.4. The van der Waals surface area contributed by atoms with Gasteiger partial charge in [0.2, 0.25) is 0 Å². The number of fused-ring (bicyclic) bond motifs is 1. The summed E-state index contributed by atoms with van der Waals surface area (Å²) in [4.78, 5) is 22.9. The smallest absolute Gasteiger partial charge is 0.335 e. The number of carboxylic acid groups (broad SMARTS) is 1. The minimum absolute atomic E-state index is 0. The maximum Gasteiger partial charge on any atom is 0.335 e. The molecule has 4 aromatic rings. The molecule has 2 saturated heterocycles. The second-order valence-electron chi connectivity index (χ2n) is 9.89. The number of ether oxygens (including phenoxy) is 3. The van der Waals surface area contributed by atoms with Crippen LogP contribution >= 0.6 is 25.1 Å². The van der Waals surface area contributed by atoms with E-state index in [-0.39, 0.29) is 37.9 Å². The number of imidazole rings is 1. The van der Waals surface area contributed by atoms with Crippen molar-refractivity contribution in [1.82, 2.24) is 19.4 Å². The highest BCUT2D eigenvalue weighted by Crippen LogP contribution is 2.26. The van der Waals surface area contributed by atoms with Crippen molar-refractivity contribution in [2.45, 2.75) is 38.3 Å². The Kier molecular flexibility index (Phi) is 8.65. The molecule has 6 rings (SSSR count). The molecule has 212 valence electrons. The van der Waals surface area contributed by atoms with Gasteiger partial charge in [-0.15, -0.1) is 0 Å². The number of nitrogens with zero attached hydrogens (tertiary/aromatic N) is 5. The minimum Gasteiger partial charge on any atom is -0.488 e. The van der Waals surface area contributed by atoms with Crippen molar-refractivity contribution in [1.29, 1.82) is 5.26 Å². The highest BCUT2D eigenvalue weighted by atomic mass is 35.5. The van der Waals surface area contributed by atoms with Crippen LogP contribution < -0.4 is 9.47 Å². The van der Waals surface area contributed by atoms with Crippen LogP contribution in [0.15, 0.2) is 54.7 Å². The van der Waals surface area contributed by atoms with Gasteiger partial charge in [-0.05, 0) is 48.9 Å². The number of pyridine rings is 1. The first kappa shape index (κ1) is 28.7. The highest BCUT2D eigenvalue weighted by molar-refractivity contribution is 7.59. The number of benzene rings is 2. The largest absolute Gasteiger partial charge is 0.488 e. The highest BCUT2D eigenvalue weighted by Gasteiger charge is 2.31. The monoisotopic (exact) mass is 593 g/mol. The molecular formula is C29H28ClN5O5S. The summed E-state index contributed by atoms with van der Waals surface area (Å²) in [5.74, 6) is 1.07. The fourth-order valence-corrected chi connectivity index (χ4v) is 5.03. The van der Waals surface area contributed by atoms with Crippen LogP contribution in [-0.4, -0.2) is 62.4 Å².